The topological polar surface area (TPSA) is 98.0 Å². The second kappa shape index (κ2) is 4.92. The second-order valence-corrected chi connectivity index (χ2v) is 10.0. The molecule has 0 saturated heterocycles. The van der Waals surface area contributed by atoms with Crippen LogP contribution in [0.25, 0.3) is 0 Å². The van der Waals surface area contributed by atoms with Crippen LogP contribution >= 0.6 is 11.3 Å². The zero-order valence-electron chi connectivity index (χ0n) is 12.3. The summed E-state index contributed by atoms with van der Waals surface area (Å²) in [5.41, 5.74) is 5.69. The number of hydrogen-bond donors (Lipinski definition) is 2. The molecule has 20 heavy (non-hydrogen) atoms. The summed E-state index contributed by atoms with van der Waals surface area (Å²) in [5, 5.41) is 7.34. The van der Waals surface area contributed by atoms with Gasteiger partial charge in [0.1, 0.15) is 0 Å². The highest BCUT2D eigenvalue weighted by molar-refractivity contribution is 7.91. The van der Waals surface area contributed by atoms with Crippen molar-refractivity contribution in [1.29, 1.82) is 0 Å². The van der Waals surface area contributed by atoms with E-state index >= 15 is 0 Å². The molecule has 1 fully saturated rings. The third-order valence-corrected chi connectivity index (χ3v) is 6.17. The first-order valence-electron chi connectivity index (χ1n) is 6.61. The Balaban J connectivity index is 2.17. The summed E-state index contributed by atoms with van der Waals surface area (Å²) in [6, 6.07) is -0.0797. The Bertz CT molecular complexity index is 576. The van der Waals surface area contributed by atoms with Crippen LogP contribution in [0.2, 0.25) is 0 Å². The van der Waals surface area contributed by atoms with Gasteiger partial charge < -0.3 is 5.73 Å². The fraction of sp³-hybridized carbons (Fsp3) is 0.833. The lowest BCUT2D eigenvalue weighted by molar-refractivity contribution is 0.0934. The number of aromatic nitrogens is 2. The molecule has 1 heterocycles. The van der Waals surface area contributed by atoms with Crippen molar-refractivity contribution < 1.29 is 8.42 Å². The molecule has 3 N–H and O–H groups in total. The van der Waals surface area contributed by atoms with E-state index in [1.165, 1.54) is 0 Å². The van der Waals surface area contributed by atoms with E-state index in [2.05, 4.69) is 42.6 Å². The molecule has 1 aromatic heterocycles. The SMILES string of the molecule is CC1(C)CC(NS(=O)(=O)c2nnc(N)s2)CC(C)(C)C1. The third kappa shape index (κ3) is 3.67. The van der Waals surface area contributed by atoms with Crippen molar-refractivity contribution in [3.63, 3.8) is 0 Å². The van der Waals surface area contributed by atoms with Gasteiger partial charge in [-0.2, -0.15) is 0 Å². The highest BCUT2D eigenvalue weighted by atomic mass is 32.2. The van der Waals surface area contributed by atoms with Gasteiger partial charge in [0.05, 0.1) is 0 Å². The van der Waals surface area contributed by atoms with Crippen molar-refractivity contribution in [2.24, 2.45) is 10.8 Å². The summed E-state index contributed by atoms with van der Waals surface area (Å²) in [4.78, 5) is 0. The number of nitrogen functional groups attached to an aromatic ring is 1. The number of nitrogens with one attached hydrogen (secondary N) is 1. The van der Waals surface area contributed by atoms with E-state index in [0.717, 1.165) is 30.6 Å². The number of hydrogen-bond acceptors (Lipinski definition) is 6. The Hall–Kier alpha value is -0.730. The van der Waals surface area contributed by atoms with Crippen LogP contribution in [0.5, 0.6) is 0 Å². The first-order chi connectivity index (χ1) is 8.99. The van der Waals surface area contributed by atoms with Crippen LogP contribution in [-0.2, 0) is 10.0 Å². The average Bonchev–Trinajstić information content (AvgIpc) is 2.59. The van der Waals surface area contributed by atoms with Crippen molar-refractivity contribution >= 4 is 26.5 Å². The van der Waals surface area contributed by atoms with Crippen molar-refractivity contribution in [3.05, 3.63) is 0 Å². The number of anilines is 1. The highest BCUT2D eigenvalue weighted by Crippen LogP contribution is 2.45. The lowest BCUT2D eigenvalue weighted by Gasteiger charge is -2.44. The summed E-state index contributed by atoms with van der Waals surface area (Å²) in [7, 11) is -3.62. The van der Waals surface area contributed by atoms with Crippen molar-refractivity contribution in [2.45, 2.75) is 57.3 Å². The van der Waals surface area contributed by atoms with E-state index in [9.17, 15) is 8.42 Å². The van der Waals surface area contributed by atoms with Gasteiger partial charge in [0, 0.05) is 6.04 Å². The number of rotatable bonds is 3. The van der Waals surface area contributed by atoms with Gasteiger partial charge >= 0.3 is 0 Å². The number of nitrogens with zero attached hydrogens (tertiary/aromatic N) is 2. The molecule has 6 nitrogen and oxygen atoms in total. The predicted molar refractivity (Wildman–Crippen MR) is 79.8 cm³/mol. The Morgan fingerprint density at radius 2 is 1.75 bits per heavy atom. The van der Waals surface area contributed by atoms with Crippen LogP contribution in [0.4, 0.5) is 5.13 Å². The molecule has 0 amide bonds. The van der Waals surface area contributed by atoms with Gasteiger partial charge in [-0.1, -0.05) is 39.0 Å². The average molecular weight is 318 g/mol. The molecule has 0 aromatic carbocycles. The molecule has 1 aliphatic rings. The summed E-state index contributed by atoms with van der Waals surface area (Å²) in [5.74, 6) is 0. The minimum Gasteiger partial charge on any atom is -0.374 e. The molecule has 0 bridgehead atoms. The fourth-order valence-electron chi connectivity index (χ4n) is 3.53. The quantitative estimate of drug-likeness (QED) is 0.888. The van der Waals surface area contributed by atoms with Crippen LogP contribution in [0.1, 0.15) is 47.0 Å². The Morgan fingerprint density at radius 3 is 2.20 bits per heavy atom. The van der Waals surface area contributed by atoms with E-state index in [0.29, 0.717) is 0 Å². The number of nitrogens with two attached hydrogens (primary N) is 1. The Kier molecular flexibility index (Phi) is 3.85. The molecule has 114 valence electrons. The van der Waals surface area contributed by atoms with E-state index in [1.807, 2.05) is 0 Å². The molecular weight excluding hydrogens is 296 g/mol. The van der Waals surface area contributed by atoms with Crippen molar-refractivity contribution in [2.75, 3.05) is 5.73 Å². The van der Waals surface area contributed by atoms with Crippen LogP contribution in [-0.4, -0.2) is 24.7 Å². The summed E-state index contributed by atoms with van der Waals surface area (Å²) >= 11 is 0.888. The largest absolute Gasteiger partial charge is 0.374 e. The van der Waals surface area contributed by atoms with E-state index in [4.69, 9.17) is 5.73 Å². The van der Waals surface area contributed by atoms with E-state index in [1.54, 1.807) is 0 Å². The van der Waals surface area contributed by atoms with Gasteiger partial charge in [-0.25, -0.2) is 13.1 Å². The minimum absolute atomic E-state index is 0.0591. The van der Waals surface area contributed by atoms with Gasteiger partial charge in [-0.15, -0.1) is 10.2 Å². The van der Waals surface area contributed by atoms with E-state index in [-0.39, 0.29) is 26.3 Å². The highest BCUT2D eigenvalue weighted by Gasteiger charge is 2.40. The lowest BCUT2D eigenvalue weighted by Crippen LogP contribution is -2.45. The number of sulfonamides is 1. The molecule has 1 aliphatic carbocycles. The van der Waals surface area contributed by atoms with Gasteiger partial charge in [-0.3, -0.25) is 0 Å². The molecule has 0 spiro atoms. The summed E-state index contributed by atoms with van der Waals surface area (Å²) in [6.07, 6.45) is 2.73. The van der Waals surface area contributed by atoms with Gasteiger partial charge in [0.15, 0.2) is 0 Å². The van der Waals surface area contributed by atoms with Gasteiger partial charge in [0.2, 0.25) is 9.47 Å². The van der Waals surface area contributed by atoms with Gasteiger partial charge in [-0.05, 0) is 30.1 Å². The Morgan fingerprint density at radius 1 is 1.20 bits per heavy atom. The fourth-order valence-corrected chi connectivity index (χ4v) is 5.56. The third-order valence-electron chi connectivity index (χ3n) is 3.53. The molecule has 1 saturated carbocycles. The van der Waals surface area contributed by atoms with Crippen LogP contribution in [0, 0.1) is 10.8 Å². The summed E-state index contributed by atoms with van der Waals surface area (Å²) in [6.45, 7) is 8.71. The predicted octanol–water partition coefficient (Wildman–Crippen LogP) is 2.00. The maximum absolute atomic E-state index is 12.3. The normalized spacial score (nSPS) is 22.8. The first-order valence-corrected chi connectivity index (χ1v) is 8.90. The smallest absolute Gasteiger partial charge is 0.270 e. The zero-order valence-corrected chi connectivity index (χ0v) is 13.9. The standard InChI is InChI=1S/C12H22N4O2S2/c1-11(2)5-8(6-12(3,4)7-11)16-20(17,18)10-15-14-9(13)19-10/h8,16H,5-7H2,1-4H3,(H2,13,14). The maximum atomic E-state index is 12.3. The molecule has 0 unspecified atom stereocenters. The molecule has 0 radical (unpaired) electrons. The van der Waals surface area contributed by atoms with Crippen molar-refractivity contribution in [3.8, 4) is 0 Å². The first kappa shape index (κ1) is 15.7. The molecule has 2 rings (SSSR count). The second-order valence-electron chi connectivity index (χ2n) is 7.14. The minimum atomic E-state index is -3.62. The van der Waals surface area contributed by atoms with Crippen LogP contribution < -0.4 is 10.5 Å². The van der Waals surface area contributed by atoms with Gasteiger partial charge in [0.25, 0.3) is 10.0 Å². The van der Waals surface area contributed by atoms with Crippen LogP contribution in [0.3, 0.4) is 0 Å². The van der Waals surface area contributed by atoms with Crippen molar-refractivity contribution in [1.82, 2.24) is 14.9 Å². The molecular formula is C12H22N4O2S2. The monoisotopic (exact) mass is 318 g/mol. The molecule has 0 aliphatic heterocycles. The Labute approximate surface area is 124 Å². The molecule has 8 heteroatoms. The molecule has 0 atom stereocenters. The molecule has 1 aromatic rings. The summed E-state index contributed by atoms with van der Waals surface area (Å²) < 4.78 is 27.3. The lowest BCUT2D eigenvalue weighted by atomic mass is 9.64. The van der Waals surface area contributed by atoms with Crippen LogP contribution in [0.15, 0.2) is 4.34 Å². The van der Waals surface area contributed by atoms with E-state index < -0.39 is 10.0 Å². The maximum Gasteiger partial charge on any atom is 0.270 e. The zero-order chi connectivity index (χ0) is 15.2.